The topological polar surface area (TPSA) is 41.1 Å². The lowest BCUT2D eigenvalue weighted by Crippen LogP contribution is -2.34. The first-order chi connectivity index (χ1) is 8.28. The van der Waals surface area contributed by atoms with Crippen LogP contribution in [-0.4, -0.2) is 18.5 Å². The van der Waals surface area contributed by atoms with Crippen LogP contribution in [0.15, 0.2) is 24.3 Å². The molecule has 1 aromatic rings. The maximum atomic E-state index is 11.5. The highest BCUT2D eigenvalue weighted by atomic mass is 16.1. The molecule has 17 heavy (non-hydrogen) atoms. The van der Waals surface area contributed by atoms with E-state index in [1.165, 1.54) is 18.4 Å². The number of benzene rings is 1. The van der Waals surface area contributed by atoms with E-state index in [0.717, 1.165) is 12.0 Å². The zero-order valence-corrected chi connectivity index (χ0v) is 10.3. The van der Waals surface area contributed by atoms with Crippen molar-refractivity contribution >= 4 is 5.91 Å². The van der Waals surface area contributed by atoms with Crippen molar-refractivity contribution < 1.29 is 4.79 Å². The van der Waals surface area contributed by atoms with Gasteiger partial charge in [-0.2, -0.15) is 0 Å². The summed E-state index contributed by atoms with van der Waals surface area (Å²) < 4.78 is 0. The van der Waals surface area contributed by atoms with Crippen LogP contribution < -0.4 is 10.6 Å². The number of hydrogen-bond donors (Lipinski definition) is 2. The molecule has 0 spiro atoms. The molecule has 2 N–H and O–H groups in total. The first-order valence-corrected chi connectivity index (χ1v) is 6.36. The molecule has 1 saturated carbocycles. The first-order valence-electron chi connectivity index (χ1n) is 6.36. The minimum atomic E-state index is 0.0801. The highest BCUT2D eigenvalue weighted by Crippen LogP contribution is 2.17. The lowest BCUT2D eigenvalue weighted by Gasteiger charge is -2.06. The van der Waals surface area contributed by atoms with E-state index in [1.807, 2.05) is 0 Å². The number of carbonyl (C=O) groups is 1. The van der Waals surface area contributed by atoms with E-state index in [9.17, 15) is 4.79 Å². The summed E-state index contributed by atoms with van der Waals surface area (Å²) in [6.07, 6.45) is 3.48. The quantitative estimate of drug-likeness (QED) is 0.782. The molecule has 0 radical (unpaired) electrons. The van der Waals surface area contributed by atoms with Gasteiger partial charge in [-0.15, -0.1) is 0 Å². The molecule has 0 saturated heterocycles. The molecule has 1 aromatic carbocycles. The Morgan fingerprint density at radius 3 is 2.47 bits per heavy atom. The van der Waals surface area contributed by atoms with Gasteiger partial charge in [0.15, 0.2) is 0 Å². The van der Waals surface area contributed by atoms with Crippen molar-refractivity contribution in [3.8, 4) is 0 Å². The molecule has 1 fully saturated rings. The monoisotopic (exact) mass is 232 g/mol. The van der Waals surface area contributed by atoms with E-state index in [1.54, 1.807) is 0 Å². The Bertz CT molecular complexity index is 368. The third-order valence-electron chi connectivity index (χ3n) is 3.05. The molecule has 3 heteroatoms. The average Bonchev–Trinajstić information content (AvgIpc) is 3.18. The van der Waals surface area contributed by atoms with Crippen molar-refractivity contribution in [1.29, 1.82) is 0 Å². The summed E-state index contributed by atoms with van der Waals surface area (Å²) in [7, 11) is 0. The Morgan fingerprint density at radius 2 is 1.88 bits per heavy atom. The maximum Gasteiger partial charge on any atom is 0.234 e. The summed E-state index contributed by atoms with van der Waals surface area (Å²) in [6.45, 7) is 3.20. The standard InChI is InChI=1S/C14H20N2O/c1-2-11-3-5-12(6-4-11)9-16-14(17)10-15-13-7-8-13/h3-6,13,15H,2,7-10H2,1H3,(H,16,17). The number of nitrogens with one attached hydrogen (secondary N) is 2. The molecule has 0 aromatic heterocycles. The minimum absolute atomic E-state index is 0.0801. The number of amides is 1. The minimum Gasteiger partial charge on any atom is -0.351 e. The Morgan fingerprint density at radius 1 is 1.24 bits per heavy atom. The van der Waals surface area contributed by atoms with Crippen LogP contribution in [0.4, 0.5) is 0 Å². The number of carbonyl (C=O) groups excluding carboxylic acids is 1. The van der Waals surface area contributed by atoms with Crippen molar-refractivity contribution in [2.75, 3.05) is 6.54 Å². The van der Waals surface area contributed by atoms with E-state index in [-0.39, 0.29) is 5.91 Å². The largest absolute Gasteiger partial charge is 0.351 e. The second-order valence-electron chi connectivity index (χ2n) is 4.60. The molecule has 1 aliphatic carbocycles. The van der Waals surface area contributed by atoms with E-state index in [0.29, 0.717) is 19.1 Å². The highest BCUT2D eigenvalue weighted by Gasteiger charge is 2.20. The van der Waals surface area contributed by atoms with Crippen LogP contribution >= 0.6 is 0 Å². The van der Waals surface area contributed by atoms with Gasteiger partial charge in [-0.3, -0.25) is 4.79 Å². The number of aryl methyl sites for hydroxylation is 1. The summed E-state index contributed by atoms with van der Waals surface area (Å²) >= 11 is 0. The fourth-order valence-electron chi connectivity index (χ4n) is 1.68. The molecular weight excluding hydrogens is 212 g/mol. The molecule has 1 aliphatic rings. The molecule has 0 bridgehead atoms. The Balaban J connectivity index is 1.70. The molecule has 3 nitrogen and oxygen atoms in total. The fourth-order valence-corrected chi connectivity index (χ4v) is 1.68. The predicted octanol–water partition coefficient (Wildman–Crippen LogP) is 1.62. The van der Waals surface area contributed by atoms with Crippen molar-refractivity contribution in [1.82, 2.24) is 10.6 Å². The Kier molecular flexibility index (Phi) is 4.15. The van der Waals surface area contributed by atoms with Gasteiger partial charge in [-0.05, 0) is 30.4 Å². The summed E-state index contributed by atoms with van der Waals surface area (Å²) in [5.41, 5.74) is 2.48. The maximum absolute atomic E-state index is 11.5. The second-order valence-corrected chi connectivity index (χ2v) is 4.60. The van der Waals surface area contributed by atoms with Gasteiger partial charge in [0.05, 0.1) is 6.54 Å². The summed E-state index contributed by atoms with van der Waals surface area (Å²) in [5, 5.41) is 6.12. The highest BCUT2D eigenvalue weighted by molar-refractivity contribution is 5.78. The predicted molar refractivity (Wildman–Crippen MR) is 68.7 cm³/mol. The lowest BCUT2D eigenvalue weighted by atomic mass is 10.1. The van der Waals surface area contributed by atoms with Gasteiger partial charge in [0.25, 0.3) is 0 Å². The van der Waals surface area contributed by atoms with Crippen molar-refractivity contribution in [2.45, 2.75) is 38.8 Å². The van der Waals surface area contributed by atoms with Crippen molar-refractivity contribution in [3.63, 3.8) is 0 Å². The fraction of sp³-hybridized carbons (Fsp3) is 0.500. The van der Waals surface area contributed by atoms with Gasteiger partial charge < -0.3 is 10.6 Å². The van der Waals surface area contributed by atoms with Crippen molar-refractivity contribution in [3.05, 3.63) is 35.4 Å². The van der Waals surface area contributed by atoms with Gasteiger partial charge >= 0.3 is 0 Å². The third kappa shape index (κ3) is 4.19. The summed E-state index contributed by atoms with van der Waals surface area (Å²) in [4.78, 5) is 11.5. The van der Waals surface area contributed by atoms with Crippen LogP contribution in [0.1, 0.15) is 30.9 Å². The van der Waals surface area contributed by atoms with Crippen LogP contribution in [0.3, 0.4) is 0 Å². The summed E-state index contributed by atoms with van der Waals surface area (Å²) in [6, 6.07) is 8.97. The normalized spacial score (nSPS) is 14.6. The molecule has 2 rings (SSSR count). The van der Waals surface area contributed by atoms with Gasteiger partial charge in [-0.1, -0.05) is 31.2 Å². The average molecular weight is 232 g/mol. The van der Waals surface area contributed by atoms with Gasteiger partial charge in [0.1, 0.15) is 0 Å². The van der Waals surface area contributed by atoms with Crippen LogP contribution in [0.2, 0.25) is 0 Å². The molecule has 0 heterocycles. The molecular formula is C14H20N2O. The first kappa shape index (κ1) is 12.1. The molecule has 1 amide bonds. The Labute approximate surface area is 103 Å². The van der Waals surface area contributed by atoms with E-state index in [2.05, 4.69) is 41.8 Å². The molecule has 0 atom stereocenters. The van der Waals surface area contributed by atoms with Crippen LogP contribution in [0, 0.1) is 0 Å². The second kappa shape index (κ2) is 5.82. The molecule has 0 unspecified atom stereocenters. The third-order valence-corrected chi connectivity index (χ3v) is 3.05. The van der Waals surface area contributed by atoms with Crippen molar-refractivity contribution in [2.24, 2.45) is 0 Å². The van der Waals surface area contributed by atoms with Crippen LogP contribution in [0.5, 0.6) is 0 Å². The van der Waals surface area contributed by atoms with E-state index >= 15 is 0 Å². The van der Waals surface area contributed by atoms with E-state index in [4.69, 9.17) is 0 Å². The van der Waals surface area contributed by atoms with Gasteiger partial charge in [-0.25, -0.2) is 0 Å². The molecule has 0 aliphatic heterocycles. The van der Waals surface area contributed by atoms with Gasteiger partial charge in [0, 0.05) is 12.6 Å². The van der Waals surface area contributed by atoms with Crippen LogP contribution in [0.25, 0.3) is 0 Å². The zero-order valence-electron chi connectivity index (χ0n) is 10.3. The lowest BCUT2D eigenvalue weighted by molar-refractivity contribution is -0.120. The molecule has 92 valence electrons. The number of hydrogen-bond acceptors (Lipinski definition) is 2. The summed E-state index contributed by atoms with van der Waals surface area (Å²) in [5.74, 6) is 0.0801. The van der Waals surface area contributed by atoms with E-state index < -0.39 is 0 Å². The smallest absolute Gasteiger partial charge is 0.234 e. The van der Waals surface area contributed by atoms with Crippen LogP contribution in [-0.2, 0) is 17.8 Å². The number of rotatable bonds is 6. The van der Waals surface area contributed by atoms with Gasteiger partial charge in [0.2, 0.25) is 5.91 Å². The SMILES string of the molecule is CCc1ccc(CNC(=O)CNC2CC2)cc1. The Hall–Kier alpha value is -1.35. The zero-order chi connectivity index (χ0) is 12.1.